The van der Waals surface area contributed by atoms with Crippen LogP contribution in [-0.4, -0.2) is 54.9 Å². The van der Waals surface area contributed by atoms with Gasteiger partial charge in [0.05, 0.1) is 6.04 Å². The molecular weight excluding hydrogens is 412 g/mol. The second kappa shape index (κ2) is 14.8. The number of nitrogens with one attached hydrogen (secondary N) is 2. The Kier molecular flexibility index (Phi) is 12.4. The molecule has 3 atom stereocenters. The van der Waals surface area contributed by atoms with Gasteiger partial charge >= 0.3 is 0 Å². The fraction of sp³-hybridized carbons (Fsp3) is 0.524. The van der Waals surface area contributed by atoms with Gasteiger partial charge in [-0.2, -0.15) is 0 Å². The molecule has 0 heterocycles. The van der Waals surface area contributed by atoms with Gasteiger partial charge in [-0.25, -0.2) is 0 Å². The zero-order valence-corrected chi connectivity index (χ0v) is 18.3. The predicted molar refractivity (Wildman–Crippen MR) is 124 cm³/mol. The summed E-state index contributed by atoms with van der Waals surface area (Å²) in [6.07, 6.45) is 2.79. The van der Waals surface area contributed by atoms with E-state index in [0.29, 0.717) is 45.2 Å². The Morgan fingerprint density at radius 2 is 1.53 bits per heavy atom. The highest BCUT2D eigenvalue weighted by molar-refractivity contribution is 5.92. The van der Waals surface area contributed by atoms with Crippen LogP contribution in [0.25, 0.3) is 0 Å². The highest BCUT2D eigenvalue weighted by atomic mass is 16.2. The molecule has 12 N–H and O–H groups in total. The summed E-state index contributed by atoms with van der Waals surface area (Å²) in [5.74, 6) is -1.66. The Morgan fingerprint density at radius 3 is 2.12 bits per heavy atom. The lowest BCUT2D eigenvalue weighted by Crippen LogP contribution is -2.56. The van der Waals surface area contributed by atoms with Crippen LogP contribution < -0.4 is 39.3 Å². The summed E-state index contributed by atoms with van der Waals surface area (Å²) in [4.78, 5) is 41.2. The highest BCUT2D eigenvalue weighted by Crippen LogP contribution is 2.07. The smallest absolute Gasteiger partial charge is 0.243 e. The van der Waals surface area contributed by atoms with Crippen molar-refractivity contribution in [2.24, 2.45) is 33.7 Å². The van der Waals surface area contributed by atoms with E-state index < -0.39 is 35.8 Å². The third kappa shape index (κ3) is 10.7. The maximum atomic E-state index is 12.9. The van der Waals surface area contributed by atoms with Crippen LogP contribution >= 0.6 is 0 Å². The number of nitrogens with two attached hydrogens (primary N) is 5. The summed E-state index contributed by atoms with van der Waals surface area (Å²) in [5.41, 5.74) is 28.3. The number of rotatable bonds is 15. The molecule has 0 saturated heterocycles. The van der Waals surface area contributed by atoms with E-state index in [1.54, 1.807) is 0 Å². The molecule has 0 fully saturated rings. The molecule has 1 aromatic rings. The minimum atomic E-state index is -0.926. The van der Waals surface area contributed by atoms with Crippen LogP contribution in [0.15, 0.2) is 35.3 Å². The van der Waals surface area contributed by atoms with Gasteiger partial charge in [0.25, 0.3) is 0 Å². The van der Waals surface area contributed by atoms with Crippen molar-refractivity contribution in [3.63, 3.8) is 0 Å². The number of hydrogen-bond acceptors (Lipinski definition) is 6. The topological polar surface area (TPSA) is 218 Å². The molecule has 0 unspecified atom stereocenters. The first-order chi connectivity index (χ1) is 15.2. The second-order valence-electron chi connectivity index (χ2n) is 7.55. The summed E-state index contributed by atoms with van der Waals surface area (Å²) in [6, 6.07) is 6.59. The number of carbonyl (C=O) groups is 3. The molecule has 0 aromatic heterocycles. The standard InChI is InChI=1S/C21H36N8O3/c22-11-5-4-10-16(18(24)30)28-20(32)17(13-14-7-2-1-3-8-14)29-19(31)15(23)9-6-12-27-21(25)26/h1-3,7-8,15-17H,4-6,9-13,22-23H2,(H2,24,30)(H,28,32)(H,29,31)(H4,25,26,27)/t15-,16-,17-/m0/s1. The van der Waals surface area contributed by atoms with Crippen LogP contribution in [0.3, 0.4) is 0 Å². The van der Waals surface area contributed by atoms with Crippen LogP contribution in [0, 0.1) is 0 Å². The normalized spacial score (nSPS) is 13.4. The fourth-order valence-electron chi connectivity index (χ4n) is 3.04. The summed E-state index contributed by atoms with van der Waals surface area (Å²) < 4.78 is 0. The Hall–Kier alpha value is -3.18. The minimum absolute atomic E-state index is 0.0295. The van der Waals surface area contributed by atoms with Gasteiger partial charge < -0.3 is 39.3 Å². The van der Waals surface area contributed by atoms with Crippen LogP contribution in [0.5, 0.6) is 0 Å². The number of hydrogen-bond donors (Lipinski definition) is 7. The monoisotopic (exact) mass is 448 g/mol. The van der Waals surface area contributed by atoms with E-state index in [-0.39, 0.29) is 12.4 Å². The highest BCUT2D eigenvalue weighted by Gasteiger charge is 2.27. The van der Waals surface area contributed by atoms with Gasteiger partial charge in [0.2, 0.25) is 17.7 Å². The number of nitrogens with zero attached hydrogens (tertiary/aromatic N) is 1. The molecule has 0 bridgehead atoms. The zero-order valence-electron chi connectivity index (χ0n) is 18.3. The van der Waals surface area contributed by atoms with E-state index in [0.717, 1.165) is 5.56 Å². The summed E-state index contributed by atoms with van der Waals surface area (Å²) in [6.45, 7) is 0.827. The molecule has 0 radical (unpaired) electrons. The van der Waals surface area contributed by atoms with E-state index in [1.165, 1.54) is 0 Å². The van der Waals surface area contributed by atoms with Crippen molar-refractivity contribution >= 4 is 23.7 Å². The molecule has 3 amide bonds. The van der Waals surface area contributed by atoms with E-state index in [2.05, 4.69) is 15.6 Å². The molecule has 0 spiro atoms. The maximum Gasteiger partial charge on any atom is 0.243 e. The molecule has 0 aliphatic carbocycles. The lowest BCUT2D eigenvalue weighted by molar-refractivity contribution is -0.131. The van der Waals surface area contributed by atoms with Crippen molar-refractivity contribution in [2.45, 2.75) is 56.7 Å². The maximum absolute atomic E-state index is 12.9. The quantitative estimate of drug-likeness (QED) is 0.0925. The SMILES string of the molecule is NCCCC[C@H](NC(=O)[C@H](Cc1ccccc1)NC(=O)[C@@H](N)CCCN=C(N)N)C(N)=O. The number of primary amides is 1. The number of amides is 3. The van der Waals surface area contributed by atoms with Crippen molar-refractivity contribution in [1.29, 1.82) is 0 Å². The zero-order chi connectivity index (χ0) is 23.9. The molecule has 11 nitrogen and oxygen atoms in total. The molecule has 0 aliphatic heterocycles. The average Bonchev–Trinajstić information content (AvgIpc) is 2.75. The lowest BCUT2D eigenvalue weighted by atomic mass is 10.0. The lowest BCUT2D eigenvalue weighted by Gasteiger charge is -2.23. The van der Waals surface area contributed by atoms with Crippen LogP contribution in [-0.2, 0) is 20.8 Å². The molecule has 0 aliphatic rings. The number of benzene rings is 1. The van der Waals surface area contributed by atoms with E-state index in [4.69, 9.17) is 28.7 Å². The number of aliphatic imine (C=N–C) groups is 1. The van der Waals surface area contributed by atoms with Crippen molar-refractivity contribution in [3.8, 4) is 0 Å². The van der Waals surface area contributed by atoms with Gasteiger partial charge in [-0.05, 0) is 44.2 Å². The summed E-state index contributed by atoms with van der Waals surface area (Å²) in [5, 5.41) is 5.34. The molecule has 178 valence electrons. The Morgan fingerprint density at radius 1 is 0.875 bits per heavy atom. The van der Waals surface area contributed by atoms with E-state index >= 15 is 0 Å². The molecule has 0 saturated carbocycles. The Balaban J connectivity index is 2.82. The summed E-state index contributed by atoms with van der Waals surface area (Å²) >= 11 is 0. The summed E-state index contributed by atoms with van der Waals surface area (Å²) in [7, 11) is 0. The first-order valence-corrected chi connectivity index (χ1v) is 10.7. The average molecular weight is 449 g/mol. The number of unbranched alkanes of at least 4 members (excludes halogenated alkanes) is 1. The third-order valence-corrected chi connectivity index (χ3v) is 4.83. The van der Waals surface area contributed by atoms with Crippen molar-refractivity contribution in [3.05, 3.63) is 35.9 Å². The van der Waals surface area contributed by atoms with E-state index in [9.17, 15) is 14.4 Å². The second-order valence-corrected chi connectivity index (χ2v) is 7.55. The van der Waals surface area contributed by atoms with Crippen molar-refractivity contribution in [2.75, 3.05) is 13.1 Å². The Labute approximate surface area is 188 Å². The first-order valence-electron chi connectivity index (χ1n) is 10.7. The van der Waals surface area contributed by atoms with Crippen LogP contribution in [0.1, 0.15) is 37.7 Å². The van der Waals surface area contributed by atoms with Crippen LogP contribution in [0.4, 0.5) is 0 Å². The predicted octanol–water partition coefficient (Wildman–Crippen LogP) is -1.81. The van der Waals surface area contributed by atoms with Gasteiger partial charge in [-0.15, -0.1) is 0 Å². The number of carbonyl (C=O) groups excluding carboxylic acids is 3. The molecular formula is C21H36N8O3. The Bertz CT molecular complexity index is 753. The van der Waals surface area contributed by atoms with Gasteiger partial charge in [0.15, 0.2) is 5.96 Å². The minimum Gasteiger partial charge on any atom is -0.370 e. The van der Waals surface area contributed by atoms with Crippen molar-refractivity contribution in [1.82, 2.24) is 10.6 Å². The van der Waals surface area contributed by atoms with E-state index in [1.807, 2.05) is 30.3 Å². The number of guanidine groups is 1. The largest absolute Gasteiger partial charge is 0.370 e. The van der Waals surface area contributed by atoms with Crippen LogP contribution in [0.2, 0.25) is 0 Å². The van der Waals surface area contributed by atoms with Crippen molar-refractivity contribution < 1.29 is 14.4 Å². The van der Waals surface area contributed by atoms with Gasteiger partial charge in [-0.3, -0.25) is 19.4 Å². The molecule has 32 heavy (non-hydrogen) atoms. The fourth-order valence-corrected chi connectivity index (χ4v) is 3.04. The molecule has 1 aromatic carbocycles. The van der Waals surface area contributed by atoms with Gasteiger partial charge in [0.1, 0.15) is 12.1 Å². The van der Waals surface area contributed by atoms with Gasteiger partial charge in [-0.1, -0.05) is 30.3 Å². The van der Waals surface area contributed by atoms with Gasteiger partial charge in [0, 0.05) is 13.0 Å². The molecule has 11 heteroatoms. The third-order valence-electron chi connectivity index (χ3n) is 4.83. The first kappa shape index (κ1) is 26.9. The molecule has 1 rings (SSSR count).